The first kappa shape index (κ1) is 22.6. The maximum atomic E-state index is 13.0. The third-order valence-corrected chi connectivity index (χ3v) is 6.55. The summed E-state index contributed by atoms with van der Waals surface area (Å²) in [6.45, 7) is 0. The van der Waals surface area contributed by atoms with E-state index in [0.717, 1.165) is 5.00 Å². The van der Waals surface area contributed by atoms with Gasteiger partial charge >= 0.3 is 11.9 Å². The molecule has 8 nitrogen and oxygen atoms in total. The zero-order valence-corrected chi connectivity index (χ0v) is 18.7. The van der Waals surface area contributed by atoms with Gasteiger partial charge in [-0.1, -0.05) is 11.6 Å². The largest absolute Gasteiger partial charge is 0.465 e. The Morgan fingerprint density at radius 1 is 0.968 bits per heavy atom. The van der Waals surface area contributed by atoms with Gasteiger partial charge in [0.15, 0.2) is 0 Å². The molecule has 0 aliphatic carbocycles. The van der Waals surface area contributed by atoms with E-state index >= 15 is 0 Å². The quantitative estimate of drug-likeness (QED) is 0.478. The molecule has 0 saturated heterocycles. The summed E-state index contributed by atoms with van der Waals surface area (Å²) in [5.74, 6) is -1.47. The Balaban J connectivity index is 1.96. The van der Waals surface area contributed by atoms with E-state index in [0.29, 0.717) is 10.7 Å². The highest BCUT2D eigenvalue weighted by Gasteiger charge is 2.20. The number of carbonyl (C=O) groups is 2. The lowest BCUT2D eigenvalue weighted by Gasteiger charge is -2.13. The van der Waals surface area contributed by atoms with Crippen LogP contribution in [0.25, 0.3) is 0 Å². The topological polar surface area (TPSA) is 111 Å². The molecule has 0 radical (unpaired) electrons. The second kappa shape index (κ2) is 9.38. The van der Waals surface area contributed by atoms with Crippen molar-refractivity contribution >= 4 is 61.3 Å². The van der Waals surface area contributed by atoms with Crippen molar-refractivity contribution in [2.24, 2.45) is 0 Å². The molecule has 2 N–H and O–H groups in total. The van der Waals surface area contributed by atoms with Crippen LogP contribution in [0.4, 0.5) is 16.4 Å². The molecule has 162 valence electrons. The van der Waals surface area contributed by atoms with Gasteiger partial charge in [-0.05, 0) is 53.9 Å². The summed E-state index contributed by atoms with van der Waals surface area (Å²) >= 11 is 7.62. The maximum absolute atomic E-state index is 13.0. The smallest absolute Gasteiger partial charge is 0.337 e. The number of esters is 2. The fraction of sp³-hybridized carbons (Fsp3) is 0.100. The van der Waals surface area contributed by atoms with Gasteiger partial charge in [-0.3, -0.25) is 4.72 Å². The Hall–Kier alpha value is -3.08. The van der Waals surface area contributed by atoms with E-state index in [9.17, 15) is 18.0 Å². The number of rotatable bonds is 7. The Bertz CT molecular complexity index is 1190. The maximum Gasteiger partial charge on any atom is 0.337 e. The molecule has 0 fully saturated rings. The van der Waals surface area contributed by atoms with Crippen molar-refractivity contribution in [2.75, 3.05) is 24.3 Å². The van der Waals surface area contributed by atoms with E-state index in [1.165, 1.54) is 62.0 Å². The molecule has 0 aliphatic rings. The Morgan fingerprint density at radius 2 is 1.61 bits per heavy atom. The molecule has 0 amide bonds. The number of hydrogen-bond donors (Lipinski definition) is 2. The second-order valence-electron chi connectivity index (χ2n) is 6.13. The van der Waals surface area contributed by atoms with Crippen LogP contribution < -0.4 is 10.0 Å². The van der Waals surface area contributed by atoms with Crippen LogP contribution in [-0.2, 0) is 19.5 Å². The first-order chi connectivity index (χ1) is 14.7. The number of nitrogens with one attached hydrogen (secondary N) is 2. The van der Waals surface area contributed by atoms with Crippen molar-refractivity contribution in [3.63, 3.8) is 0 Å². The highest BCUT2D eigenvalue weighted by Crippen LogP contribution is 2.31. The SMILES string of the molecule is COC(=O)c1cc(NS(=O)(=O)c2ccc(Cl)c(Nc3cccs3)c2)cc(C(=O)OC)c1. The Labute approximate surface area is 187 Å². The number of sulfonamides is 1. The van der Waals surface area contributed by atoms with Gasteiger partial charge in [0.25, 0.3) is 10.0 Å². The first-order valence-electron chi connectivity index (χ1n) is 8.68. The summed E-state index contributed by atoms with van der Waals surface area (Å²) in [6.07, 6.45) is 0. The summed E-state index contributed by atoms with van der Waals surface area (Å²) < 4.78 is 37.6. The molecular formula is C20H17ClN2O6S2. The zero-order chi connectivity index (χ0) is 22.6. The van der Waals surface area contributed by atoms with Crippen LogP contribution in [0.3, 0.4) is 0 Å². The molecule has 0 bridgehead atoms. The lowest BCUT2D eigenvalue weighted by molar-refractivity contribution is 0.0599. The zero-order valence-electron chi connectivity index (χ0n) is 16.3. The summed E-state index contributed by atoms with van der Waals surface area (Å²) in [7, 11) is -1.73. The van der Waals surface area contributed by atoms with Crippen LogP contribution in [0.2, 0.25) is 5.02 Å². The van der Waals surface area contributed by atoms with Crippen molar-refractivity contribution in [3.8, 4) is 0 Å². The number of ether oxygens (including phenoxy) is 2. The summed E-state index contributed by atoms with van der Waals surface area (Å²) in [5, 5.41) is 6.06. The normalized spacial score (nSPS) is 10.9. The van der Waals surface area contributed by atoms with E-state index in [2.05, 4.69) is 19.5 Å². The van der Waals surface area contributed by atoms with E-state index in [1.54, 1.807) is 0 Å². The average Bonchev–Trinajstić information content (AvgIpc) is 3.26. The minimum atomic E-state index is -4.08. The van der Waals surface area contributed by atoms with Crippen molar-refractivity contribution in [2.45, 2.75) is 4.90 Å². The predicted octanol–water partition coefficient (Wildman–Crippen LogP) is 4.52. The number of carbonyl (C=O) groups excluding carboxylic acids is 2. The Kier molecular flexibility index (Phi) is 6.84. The van der Waals surface area contributed by atoms with Gasteiger partial charge in [-0.25, -0.2) is 18.0 Å². The standard InChI is InChI=1S/C20H17ClN2O6S2/c1-28-19(24)12-8-13(20(25)29-2)10-14(9-12)23-31(26,27)15-5-6-16(21)17(11-15)22-18-4-3-7-30-18/h3-11,22-23H,1-2H3. The Morgan fingerprint density at radius 3 is 2.16 bits per heavy atom. The number of halogens is 1. The van der Waals surface area contributed by atoms with Crippen LogP contribution in [0, 0.1) is 0 Å². The number of anilines is 3. The molecule has 0 saturated carbocycles. The minimum absolute atomic E-state index is 0.00832. The molecule has 0 atom stereocenters. The highest BCUT2D eigenvalue weighted by atomic mass is 35.5. The fourth-order valence-corrected chi connectivity index (χ4v) is 4.48. The number of thiophene rings is 1. The van der Waals surface area contributed by atoms with Crippen molar-refractivity contribution in [3.05, 3.63) is 70.1 Å². The van der Waals surface area contributed by atoms with Crippen molar-refractivity contribution in [1.29, 1.82) is 0 Å². The molecule has 0 spiro atoms. The van der Waals surface area contributed by atoms with Gasteiger partial charge in [0.2, 0.25) is 0 Å². The van der Waals surface area contributed by atoms with E-state index in [1.807, 2.05) is 17.5 Å². The van der Waals surface area contributed by atoms with Crippen molar-refractivity contribution in [1.82, 2.24) is 0 Å². The van der Waals surface area contributed by atoms with E-state index < -0.39 is 22.0 Å². The van der Waals surface area contributed by atoms with Gasteiger partial charge in [-0.2, -0.15) is 0 Å². The molecule has 0 unspecified atom stereocenters. The van der Waals surface area contributed by atoms with Gasteiger partial charge in [-0.15, -0.1) is 11.3 Å². The minimum Gasteiger partial charge on any atom is -0.465 e. The summed E-state index contributed by atoms with van der Waals surface area (Å²) in [6, 6.07) is 11.6. The van der Waals surface area contributed by atoms with Crippen LogP contribution in [-0.4, -0.2) is 34.6 Å². The molecule has 1 heterocycles. The van der Waals surface area contributed by atoms with Crippen LogP contribution >= 0.6 is 22.9 Å². The third kappa shape index (κ3) is 5.35. The molecule has 3 aromatic rings. The third-order valence-electron chi connectivity index (χ3n) is 4.05. The van der Waals surface area contributed by atoms with Crippen molar-refractivity contribution < 1.29 is 27.5 Å². The summed E-state index contributed by atoms with van der Waals surface area (Å²) in [5.41, 5.74) is 0.370. The van der Waals surface area contributed by atoms with Crippen LogP contribution in [0.1, 0.15) is 20.7 Å². The lowest BCUT2D eigenvalue weighted by atomic mass is 10.1. The molecule has 2 aromatic carbocycles. The average molecular weight is 481 g/mol. The van der Waals surface area contributed by atoms with Gasteiger partial charge in [0, 0.05) is 0 Å². The van der Waals surface area contributed by atoms with Crippen LogP contribution in [0.15, 0.2) is 58.8 Å². The second-order valence-corrected chi connectivity index (χ2v) is 9.17. The molecule has 3 rings (SSSR count). The van der Waals surface area contributed by atoms with Gasteiger partial charge in [0.1, 0.15) is 0 Å². The number of benzene rings is 2. The molecule has 1 aromatic heterocycles. The molecular weight excluding hydrogens is 464 g/mol. The molecule has 11 heteroatoms. The van der Waals surface area contributed by atoms with E-state index in [4.69, 9.17) is 11.6 Å². The number of methoxy groups -OCH3 is 2. The predicted molar refractivity (Wildman–Crippen MR) is 119 cm³/mol. The fourth-order valence-electron chi connectivity index (χ4n) is 2.62. The number of hydrogen-bond acceptors (Lipinski definition) is 8. The van der Waals surface area contributed by atoms with Gasteiger partial charge < -0.3 is 14.8 Å². The molecule has 31 heavy (non-hydrogen) atoms. The van der Waals surface area contributed by atoms with Gasteiger partial charge in [0.05, 0.1) is 51.6 Å². The lowest BCUT2D eigenvalue weighted by Crippen LogP contribution is -2.15. The molecule has 0 aliphatic heterocycles. The van der Waals surface area contributed by atoms with E-state index in [-0.39, 0.29) is 21.7 Å². The monoisotopic (exact) mass is 480 g/mol. The van der Waals surface area contributed by atoms with Crippen LogP contribution in [0.5, 0.6) is 0 Å². The highest BCUT2D eigenvalue weighted by molar-refractivity contribution is 7.92. The summed E-state index contributed by atoms with van der Waals surface area (Å²) in [4.78, 5) is 23.8. The first-order valence-corrected chi connectivity index (χ1v) is 11.4.